The Hall–Kier alpha value is -1.78. The maximum absolute atomic E-state index is 5.98. The fourth-order valence-electron chi connectivity index (χ4n) is 2.12. The van der Waals surface area contributed by atoms with Gasteiger partial charge < -0.3 is 10.6 Å². The van der Waals surface area contributed by atoms with Gasteiger partial charge in [0.05, 0.1) is 0 Å². The summed E-state index contributed by atoms with van der Waals surface area (Å²) in [6, 6.07) is 11.7. The van der Waals surface area contributed by atoms with Crippen molar-refractivity contribution in [2.45, 2.75) is 12.8 Å². The van der Waals surface area contributed by atoms with Crippen LogP contribution >= 0.6 is 23.2 Å². The molecule has 0 aliphatic rings. The van der Waals surface area contributed by atoms with E-state index in [0.29, 0.717) is 5.15 Å². The summed E-state index contributed by atoms with van der Waals surface area (Å²) in [7, 11) is 1.76. The number of pyridine rings is 1. The molecule has 122 valence electrons. The molecule has 4 nitrogen and oxygen atoms in total. The number of benzene rings is 1. The van der Waals surface area contributed by atoms with Gasteiger partial charge in [-0.3, -0.25) is 4.99 Å². The van der Waals surface area contributed by atoms with Crippen LogP contribution in [0, 0.1) is 0 Å². The van der Waals surface area contributed by atoms with Crippen LogP contribution in [-0.4, -0.2) is 31.1 Å². The fourth-order valence-corrected chi connectivity index (χ4v) is 2.44. The number of nitrogens with zero attached hydrogens (tertiary/aromatic N) is 2. The molecule has 0 aliphatic carbocycles. The Kier molecular flexibility index (Phi) is 7.17. The van der Waals surface area contributed by atoms with Crippen molar-refractivity contribution < 1.29 is 0 Å². The first-order valence-electron chi connectivity index (χ1n) is 7.47. The highest BCUT2D eigenvalue weighted by Gasteiger charge is 2.00. The Bertz CT molecular complexity index is 641. The molecular weight excluding hydrogens is 331 g/mol. The van der Waals surface area contributed by atoms with Gasteiger partial charge in [-0.15, -0.1) is 0 Å². The van der Waals surface area contributed by atoms with Crippen molar-refractivity contribution in [3.63, 3.8) is 0 Å². The molecule has 0 saturated carbocycles. The fraction of sp³-hybridized carbons (Fsp3) is 0.294. The summed E-state index contributed by atoms with van der Waals surface area (Å²) in [6.07, 6.45) is 3.54. The second-order valence-corrected chi connectivity index (χ2v) is 5.87. The zero-order chi connectivity index (χ0) is 16.5. The van der Waals surface area contributed by atoms with Crippen LogP contribution in [0.4, 0.5) is 0 Å². The lowest BCUT2D eigenvalue weighted by molar-refractivity contribution is 0.783. The van der Waals surface area contributed by atoms with E-state index < -0.39 is 0 Å². The van der Waals surface area contributed by atoms with Crippen LogP contribution in [0.3, 0.4) is 0 Å². The van der Waals surface area contributed by atoms with E-state index in [-0.39, 0.29) is 0 Å². The summed E-state index contributed by atoms with van der Waals surface area (Å²) in [5.41, 5.74) is 2.34. The predicted octanol–water partition coefficient (Wildman–Crippen LogP) is 3.34. The molecule has 2 N–H and O–H groups in total. The Morgan fingerprint density at radius 3 is 2.39 bits per heavy atom. The van der Waals surface area contributed by atoms with Crippen LogP contribution in [-0.2, 0) is 12.8 Å². The highest BCUT2D eigenvalue weighted by Crippen LogP contribution is 2.10. The number of rotatable bonds is 6. The molecule has 1 heterocycles. The molecule has 0 saturated heterocycles. The van der Waals surface area contributed by atoms with Crippen LogP contribution in [0.2, 0.25) is 10.2 Å². The van der Waals surface area contributed by atoms with E-state index in [1.54, 1.807) is 19.3 Å². The summed E-state index contributed by atoms with van der Waals surface area (Å²) < 4.78 is 0. The van der Waals surface area contributed by atoms with Crippen molar-refractivity contribution in [3.8, 4) is 0 Å². The second-order valence-electron chi connectivity index (χ2n) is 5.04. The maximum Gasteiger partial charge on any atom is 0.190 e. The van der Waals surface area contributed by atoms with Crippen LogP contribution in [0.15, 0.2) is 47.6 Å². The third-order valence-electron chi connectivity index (χ3n) is 3.31. The van der Waals surface area contributed by atoms with Gasteiger partial charge in [0, 0.05) is 31.4 Å². The highest BCUT2D eigenvalue weighted by molar-refractivity contribution is 6.30. The standard InChI is InChI=1S/C17H20Cl2N4/c1-20-17(21-9-7-13-3-2-4-15(18)11-13)22-10-8-14-5-6-16(19)23-12-14/h2-6,11-12H,7-10H2,1H3,(H2,20,21,22). The molecule has 6 heteroatoms. The van der Waals surface area contributed by atoms with Crippen molar-refractivity contribution in [3.05, 3.63) is 63.9 Å². The highest BCUT2D eigenvalue weighted by atomic mass is 35.5. The van der Waals surface area contributed by atoms with Crippen LogP contribution < -0.4 is 10.6 Å². The Balaban J connectivity index is 1.70. The van der Waals surface area contributed by atoms with Crippen molar-refractivity contribution in [2.24, 2.45) is 4.99 Å². The Morgan fingerprint density at radius 1 is 1.04 bits per heavy atom. The largest absolute Gasteiger partial charge is 0.356 e. The molecule has 0 spiro atoms. The molecule has 2 rings (SSSR count). The van der Waals surface area contributed by atoms with E-state index in [0.717, 1.165) is 42.5 Å². The number of halogens is 2. The number of hydrogen-bond acceptors (Lipinski definition) is 2. The average Bonchev–Trinajstić information content (AvgIpc) is 2.55. The molecule has 0 amide bonds. The van der Waals surface area contributed by atoms with Gasteiger partial charge in [-0.2, -0.15) is 0 Å². The zero-order valence-electron chi connectivity index (χ0n) is 13.0. The van der Waals surface area contributed by atoms with Crippen molar-refractivity contribution in [1.29, 1.82) is 0 Å². The lowest BCUT2D eigenvalue weighted by Crippen LogP contribution is -2.39. The van der Waals surface area contributed by atoms with E-state index in [2.05, 4.69) is 26.7 Å². The molecule has 0 atom stereocenters. The molecule has 2 aromatic rings. The minimum atomic E-state index is 0.514. The first-order chi connectivity index (χ1) is 11.2. The van der Waals surface area contributed by atoms with Crippen LogP contribution in [0.5, 0.6) is 0 Å². The molecule has 0 aliphatic heterocycles. The SMILES string of the molecule is CN=C(NCCc1ccc(Cl)nc1)NCCc1cccc(Cl)c1. The first-order valence-corrected chi connectivity index (χ1v) is 8.22. The molecule has 0 radical (unpaired) electrons. The maximum atomic E-state index is 5.98. The lowest BCUT2D eigenvalue weighted by Gasteiger charge is -2.12. The third kappa shape index (κ3) is 6.47. The Morgan fingerprint density at radius 2 is 1.78 bits per heavy atom. The van der Waals surface area contributed by atoms with E-state index in [9.17, 15) is 0 Å². The minimum absolute atomic E-state index is 0.514. The molecule has 0 bridgehead atoms. The van der Waals surface area contributed by atoms with E-state index in [1.165, 1.54) is 5.56 Å². The van der Waals surface area contributed by atoms with E-state index in [4.69, 9.17) is 23.2 Å². The van der Waals surface area contributed by atoms with Gasteiger partial charge in [-0.05, 0) is 42.2 Å². The molecular formula is C17H20Cl2N4. The van der Waals surface area contributed by atoms with Crippen LogP contribution in [0.1, 0.15) is 11.1 Å². The Labute approximate surface area is 146 Å². The number of aromatic nitrogens is 1. The van der Waals surface area contributed by atoms with Gasteiger partial charge in [-0.25, -0.2) is 4.98 Å². The molecule has 1 aromatic heterocycles. The number of aliphatic imine (C=N–C) groups is 1. The smallest absolute Gasteiger partial charge is 0.190 e. The second kappa shape index (κ2) is 9.38. The van der Waals surface area contributed by atoms with Crippen molar-refractivity contribution in [1.82, 2.24) is 15.6 Å². The molecule has 1 aromatic carbocycles. The van der Waals surface area contributed by atoms with Crippen molar-refractivity contribution >= 4 is 29.2 Å². The number of guanidine groups is 1. The summed E-state index contributed by atoms with van der Waals surface area (Å²) in [5.74, 6) is 0.786. The molecule has 0 unspecified atom stereocenters. The predicted molar refractivity (Wildman–Crippen MR) is 97.5 cm³/mol. The summed E-state index contributed by atoms with van der Waals surface area (Å²) in [5, 5.41) is 7.85. The first kappa shape index (κ1) is 17.6. The van der Waals surface area contributed by atoms with Crippen LogP contribution in [0.25, 0.3) is 0 Å². The lowest BCUT2D eigenvalue weighted by atomic mass is 10.1. The van der Waals surface area contributed by atoms with Gasteiger partial charge in [-0.1, -0.05) is 41.4 Å². The average molecular weight is 351 g/mol. The van der Waals surface area contributed by atoms with Gasteiger partial charge in [0.2, 0.25) is 0 Å². The van der Waals surface area contributed by atoms with Gasteiger partial charge in [0.25, 0.3) is 0 Å². The molecule has 23 heavy (non-hydrogen) atoms. The topological polar surface area (TPSA) is 49.3 Å². The normalized spacial score (nSPS) is 11.3. The number of nitrogens with one attached hydrogen (secondary N) is 2. The van der Waals surface area contributed by atoms with Gasteiger partial charge >= 0.3 is 0 Å². The minimum Gasteiger partial charge on any atom is -0.356 e. The zero-order valence-corrected chi connectivity index (χ0v) is 14.5. The quantitative estimate of drug-likeness (QED) is 0.477. The summed E-state index contributed by atoms with van der Waals surface area (Å²) in [6.45, 7) is 1.57. The summed E-state index contributed by atoms with van der Waals surface area (Å²) >= 11 is 11.8. The van der Waals surface area contributed by atoms with Crippen molar-refractivity contribution in [2.75, 3.05) is 20.1 Å². The van der Waals surface area contributed by atoms with E-state index in [1.807, 2.05) is 24.3 Å². The third-order valence-corrected chi connectivity index (χ3v) is 3.77. The number of hydrogen-bond donors (Lipinski definition) is 2. The van der Waals surface area contributed by atoms with E-state index >= 15 is 0 Å². The summed E-state index contributed by atoms with van der Waals surface area (Å²) in [4.78, 5) is 8.28. The van der Waals surface area contributed by atoms with Gasteiger partial charge in [0.15, 0.2) is 5.96 Å². The van der Waals surface area contributed by atoms with Gasteiger partial charge in [0.1, 0.15) is 5.15 Å². The molecule has 0 fully saturated rings. The monoisotopic (exact) mass is 350 g/mol.